The summed E-state index contributed by atoms with van der Waals surface area (Å²) < 4.78 is 28.9. The van der Waals surface area contributed by atoms with Gasteiger partial charge in [-0.05, 0) is 50.4 Å². The van der Waals surface area contributed by atoms with Crippen molar-refractivity contribution in [1.29, 1.82) is 0 Å². The molecule has 27 heavy (non-hydrogen) atoms. The third kappa shape index (κ3) is 6.88. The summed E-state index contributed by atoms with van der Waals surface area (Å²) in [6.45, 7) is 11.1. The zero-order valence-electron chi connectivity index (χ0n) is 16.4. The fraction of sp³-hybridized carbons (Fsp3) is 0.842. The van der Waals surface area contributed by atoms with Crippen molar-refractivity contribution < 1.29 is 13.2 Å². The number of hydrogen-bond donors (Lipinski definition) is 1. The molecule has 0 spiro atoms. The highest BCUT2D eigenvalue weighted by Gasteiger charge is 2.33. The van der Waals surface area contributed by atoms with Gasteiger partial charge in [0, 0.05) is 32.8 Å². The second kappa shape index (κ2) is 10.4. The Bertz CT molecular complexity index is 632. The first-order valence-corrected chi connectivity index (χ1v) is 11.7. The number of rotatable bonds is 5. The number of sulfone groups is 1. The lowest BCUT2D eigenvalue weighted by molar-refractivity contribution is 0.0488. The maximum Gasteiger partial charge on any atom is 0.194 e. The average Bonchev–Trinajstić information content (AvgIpc) is 3.22. The number of nitrogens with one attached hydrogen (secondary N) is 1. The molecule has 3 rings (SSSR count). The summed E-state index contributed by atoms with van der Waals surface area (Å²) in [5.41, 5.74) is 1.04. The maximum atomic E-state index is 11.7. The van der Waals surface area contributed by atoms with Gasteiger partial charge in [0.1, 0.15) is 0 Å². The quantitative estimate of drug-likeness (QED) is 0.266. The highest BCUT2D eigenvalue weighted by molar-refractivity contribution is 14.0. The molecule has 8 heteroatoms. The highest BCUT2D eigenvalue weighted by atomic mass is 127. The second-order valence-electron chi connectivity index (χ2n) is 8.19. The van der Waals surface area contributed by atoms with Crippen molar-refractivity contribution in [2.24, 2.45) is 22.7 Å². The Morgan fingerprint density at radius 1 is 1.22 bits per heavy atom. The van der Waals surface area contributed by atoms with E-state index in [9.17, 15) is 8.42 Å². The van der Waals surface area contributed by atoms with Crippen LogP contribution in [0.15, 0.2) is 17.1 Å². The Morgan fingerprint density at radius 2 is 1.96 bits per heavy atom. The van der Waals surface area contributed by atoms with Gasteiger partial charge in [-0.2, -0.15) is 0 Å². The van der Waals surface area contributed by atoms with Gasteiger partial charge in [-0.15, -0.1) is 24.0 Å². The topological polar surface area (TPSA) is 71.0 Å². The van der Waals surface area contributed by atoms with E-state index >= 15 is 0 Å². The minimum Gasteiger partial charge on any atom is -0.381 e. The van der Waals surface area contributed by atoms with Gasteiger partial charge >= 0.3 is 0 Å². The van der Waals surface area contributed by atoms with Crippen molar-refractivity contribution in [3.05, 3.63) is 12.2 Å². The standard InChI is InChI=1S/C19H33N3O3S.HI/c1-15(2)11-20-19(21-12-16-6-10-26(23,24)14-16)22-7-3-18(13-22)17-4-8-25-9-5-17;/h16-18H,1,3-14H2,2H3,(H,20,21);1H. The van der Waals surface area contributed by atoms with Crippen LogP contribution in [0.1, 0.15) is 32.6 Å². The van der Waals surface area contributed by atoms with Crippen molar-refractivity contribution in [3.63, 3.8) is 0 Å². The van der Waals surface area contributed by atoms with E-state index in [1.165, 1.54) is 19.3 Å². The average molecular weight is 511 g/mol. The van der Waals surface area contributed by atoms with Gasteiger partial charge in [0.05, 0.1) is 18.1 Å². The highest BCUT2D eigenvalue weighted by Crippen LogP contribution is 2.31. The van der Waals surface area contributed by atoms with Crippen LogP contribution in [0.2, 0.25) is 0 Å². The predicted molar refractivity (Wildman–Crippen MR) is 121 cm³/mol. The second-order valence-corrected chi connectivity index (χ2v) is 10.4. The van der Waals surface area contributed by atoms with Gasteiger partial charge in [-0.3, -0.25) is 0 Å². The summed E-state index contributed by atoms with van der Waals surface area (Å²) in [5.74, 6) is 3.22. The van der Waals surface area contributed by atoms with Gasteiger partial charge in [0.2, 0.25) is 0 Å². The van der Waals surface area contributed by atoms with Crippen LogP contribution in [-0.4, -0.2) is 70.2 Å². The molecule has 0 bridgehead atoms. The third-order valence-corrected chi connectivity index (χ3v) is 7.67. The zero-order valence-corrected chi connectivity index (χ0v) is 19.5. The van der Waals surface area contributed by atoms with Gasteiger partial charge in [0.25, 0.3) is 0 Å². The number of hydrogen-bond acceptors (Lipinski definition) is 4. The van der Waals surface area contributed by atoms with Crippen molar-refractivity contribution in [3.8, 4) is 0 Å². The molecule has 0 aromatic rings. The predicted octanol–water partition coefficient (Wildman–Crippen LogP) is 2.31. The van der Waals surface area contributed by atoms with E-state index in [1.807, 2.05) is 6.92 Å². The SMILES string of the molecule is C=C(C)CN=C(NCC1CCS(=O)(=O)C1)N1CCC(C2CCOCC2)C1.I. The molecule has 0 aromatic carbocycles. The zero-order chi connectivity index (χ0) is 18.6. The van der Waals surface area contributed by atoms with Crippen molar-refractivity contribution in [1.82, 2.24) is 10.2 Å². The summed E-state index contributed by atoms with van der Waals surface area (Å²) >= 11 is 0. The molecule has 1 N–H and O–H groups in total. The Kier molecular flexibility index (Phi) is 8.86. The molecule has 2 atom stereocenters. The van der Waals surface area contributed by atoms with E-state index in [1.54, 1.807) is 0 Å². The van der Waals surface area contributed by atoms with E-state index in [2.05, 4.69) is 16.8 Å². The number of nitrogens with zero attached hydrogens (tertiary/aromatic N) is 2. The van der Waals surface area contributed by atoms with E-state index < -0.39 is 9.84 Å². The fourth-order valence-electron chi connectivity index (χ4n) is 4.30. The minimum atomic E-state index is -2.83. The third-order valence-electron chi connectivity index (χ3n) is 5.83. The molecular formula is C19H34IN3O3S. The van der Waals surface area contributed by atoms with Crippen LogP contribution in [0.4, 0.5) is 0 Å². The van der Waals surface area contributed by atoms with Gasteiger partial charge in [0.15, 0.2) is 15.8 Å². The van der Waals surface area contributed by atoms with Crippen molar-refractivity contribution in [2.45, 2.75) is 32.6 Å². The Labute approximate surface area is 181 Å². The van der Waals surface area contributed by atoms with E-state index in [0.29, 0.717) is 30.5 Å². The molecule has 2 unspecified atom stereocenters. The summed E-state index contributed by atoms with van der Waals surface area (Å²) in [6, 6.07) is 0. The first-order chi connectivity index (χ1) is 12.4. The monoisotopic (exact) mass is 511 g/mol. The Morgan fingerprint density at radius 3 is 2.59 bits per heavy atom. The van der Waals surface area contributed by atoms with Crippen molar-refractivity contribution in [2.75, 3.05) is 50.9 Å². The molecule has 0 aromatic heterocycles. The molecule has 3 heterocycles. The van der Waals surface area contributed by atoms with Crippen LogP contribution < -0.4 is 5.32 Å². The minimum absolute atomic E-state index is 0. The molecule has 3 saturated heterocycles. The van der Waals surface area contributed by atoms with Crippen LogP contribution in [-0.2, 0) is 14.6 Å². The normalized spacial score (nSPS) is 28.8. The van der Waals surface area contributed by atoms with Gasteiger partial charge in [-0.25, -0.2) is 13.4 Å². The largest absolute Gasteiger partial charge is 0.381 e. The van der Waals surface area contributed by atoms with Gasteiger partial charge in [-0.1, -0.05) is 12.2 Å². The molecule has 156 valence electrons. The number of likely N-dealkylation sites (tertiary alicyclic amines) is 1. The number of halogens is 1. The molecule has 0 saturated carbocycles. The smallest absolute Gasteiger partial charge is 0.194 e. The summed E-state index contributed by atoms with van der Waals surface area (Å²) in [5, 5.41) is 3.47. The molecule has 0 radical (unpaired) electrons. The Hall–Kier alpha value is -0.350. The molecule has 0 amide bonds. The molecular weight excluding hydrogens is 477 g/mol. The molecule has 6 nitrogen and oxygen atoms in total. The lowest BCUT2D eigenvalue weighted by atomic mass is 9.85. The van der Waals surface area contributed by atoms with E-state index in [0.717, 1.165) is 50.2 Å². The summed E-state index contributed by atoms with van der Waals surface area (Å²) in [4.78, 5) is 7.09. The van der Waals surface area contributed by atoms with Crippen LogP contribution in [0.3, 0.4) is 0 Å². The van der Waals surface area contributed by atoms with Crippen molar-refractivity contribution >= 4 is 39.8 Å². The van der Waals surface area contributed by atoms with Gasteiger partial charge < -0.3 is 15.0 Å². The molecule has 3 aliphatic rings. The molecule has 3 aliphatic heterocycles. The van der Waals surface area contributed by atoms with Crippen LogP contribution >= 0.6 is 24.0 Å². The fourth-order valence-corrected chi connectivity index (χ4v) is 6.16. The number of aliphatic imine (C=N–C) groups is 1. The summed E-state index contributed by atoms with van der Waals surface area (Å²) in [6.07, 6.45) is 4.30. The van der Waals surface area contributed by atoms with Crippen LogP contribution in [0.5, 0.6) is 0 Å². The first kappa shape index (κ1) is 22.9. The van der Waals surface area contributed by atoms with E-state index in [-0.39, 0.29) is 29.9 Å². The molecule has 3 fully saturated rings. The number of ether oxygens (including phenoxy) is 1. The van der Waals surface area contributed by atoms with Crippen LogP contribution in [0.25, 0.3) is 0 Å². The Balaban J connectivity index is 0.00000261. The lowest BCUT2D eigenvalue weighted by Gasteiger charge is -2.28. The molecule has 0 aliphatic carbocycles. The maximum absolute atomic E-state index is 11.7. The first-order valence-electron chi connectivity index (χ1n) is 9.89. The summed E-state index contributed by atoms with van der Waals surface area (Å²) in [7, 11) is -2.83. The van der Waals surface area contributed by atoms with Crippen LogP contribution in [0, 0.1) is 17.8 Å². The number of guanidine groups is 1. The van der Waals surface area contributed by atoms with E-state index in [4.69, 9.17) is 9.73 Å². The lowest BCUT2D eigenvalue weighted by Crippen LogP contribution is -2.43.